The van der Waals surface area contributed by atoms with Gasteiger partial charge in [-0.05, 0) is 0 Å². The molecule has 1 aliphatic heterocycles. The molecule has 0 spiro atoms. The summed E-state index contributed by atoms with van der Waals surface area (Å²) >= 11 is 0. The van der Waals surface area contributed by atoms with E-state index in [4.69, 9.17) is 9.88 Å². The van der Waals surface area contributed by atoms with Crippen LogP contribution in [-0.2, 0) is 14.9 Å². The lowest BCUT2D eigenvalue weighted by atomic mass is 10.5. The molecule has 1 aliphatic rings. The average Bonchev–Trinajstić information content (AvgIpc) is 1.88. The highest BCUT2D eigenvalue weighted by Gasteiger charge is 2.19. The summed E-state index contributed by atoms with van der Waals surface area (Å²) in [7, 11) is -3.47. The largest absolute Gasteiger partial charge is 0.379 e. The third kappa shape index (κ3) is 3.35. The molecule has 0 aromatic rings. The van der Waals surface area contributed by atoms with Gasteiger partial charge in [-0.1, -0.05) is 0 Å². The van der Waals surface area contributed by atoms with Crippen molar-refractivity contribution in [3.63, 3.8) is 0 Å². The number of ether oxygens (including phenoxy) is 1. The van der Waals surface area contributed by atoms with Gasteiger partial charge in [0.15, 0.2) is 0 Å². The van der Waals surface area contributed by atoms with E-state index < -0.39 is 10.2 Å². The maximum Gasteiger partial charge on any atom is 0.277 e. The lowest BCUT2D eigenvalue weighted by molar-refractivity contribution is 0.0730. The Labute approximate surface area is 72.1 Å². The zero-order valence-electron chi connectivity index (χ0n) is 5.89. The SMILES string of the molecule is Cl.NS(=O)(=O)N1CCOCC1. The summed E-state index contributed by atoms with van der Waals surface area (Å²) in [6, 6.07) is 0. The van der Waals surface area contributed by atoms with Crippen molar-refractivity contribution in [2.75, 3.05) is 26.3 Å². The first-order chi connectivity index (χ1) is 4.61. The molecule has 0 aromatic carbocycles. The Balaban J connectivity index is 0.000001000. The first kappa shape index (κ1) is 11.1. The lowest BCUT2D eigenvalue weighted by Gasteiger charge is -2.23. The molecule has 11 heavy (non-hydrogen) atoms. The minimum Gasteiger partial charge on any atom is -0.379 e. The summed E-state index contributed by atoms with van der Waals surface area (Å²) in [5, 5.41) is 4.85. The van der Waals surface area contributed by atoms with Gasteiger partial charge in [0.05, 0.1) is 13.2 Å². The van der Waals surface area contributed by atoms with Gasteiger partial charge in [-0.15, -0.1) is 12.4 Å². The summed E-state index contributed by atoms with van der Waals surface area (Å²) in [6.07, 6.45) is 0. The van der Waals surface area contributed by atoms with Crippen molar-refractivity contribution in [2.45, 2.75) is 0 Å². The molecule has 0 unspecified atom stereocenters. The van der Waals surface area contributed by atoms with Crippen LogP contribution < -0.4 is 5.14 Å². The second-order valence-electron chi connectivity index (χ2n) is 2.06. The molecular formula is C4H11ClN2O3S. The third-order valence-electron chi connectivity index (χ3n) is 1.33. The predicted octanol–water partition coefficient (Wildman–Crippen LogP) is -1.06. The standard InChI is InChI=1S/C4H10N2O3S.ClH/c5-10(7,8)6-1-3-9-4-2-6;/h1-4H2,(H2,5,7,8);1H. The van der Waals surface area contributed by atoms with E-state index in [2.05, 4.69) is 0 Å². The fourth-order valence-corrected chi connectivity index (χ4v) is 1.46. The molecule has 7 heteroatoms. The Morgan fingerprint density at radius 1 is 1.27 bits per heavy atom. The monoisotopic (exact) mass is 202 g/mol. The van der Waals surface area contributed by atoms with Crippen LogP contribution in [0.5, 0.6) is 0 Å². The highest BCUT2D eigenvalue weighted by atomic mass is 35.5. The topological polar surface area (TPSA) is 72.6 Å². The molecule has 1 rings (SSSR count). The summed E-state index contributed by atoms with van der Waals surface area (Å²) < 4.78 is 27.4. The van der Waals surface area contributed by atoms with Crippen LogP contribution in [0.15, 0.2) is 0 Å². The molecule has 0 amide bonds. The molecular weight excluding hydrogens is 192 g/mol. The Morgan fingerprint density at radius 2 is 1.73 bits per heavy atom. The Bertz CT molecular complexity index is 199. The van der Waals surface area contributed by atoms with Crippen LogP contribution in [0.2, 0.25) is 0 Å². The minimum atomic E-state index is -3.47. The fourth-order valence-electron chi connectivity index (χ4n) is 0.801. The summed E-state index contributed by atoms with van der Waals surface area (Å²) in [5.74, 6) is 0. The van der Waals surface area contributed by atoms with Crippen LogP contribution in [0.1, 0.15) is 0 Å². The Kier molecular flexibility index (Phi) is 4.27. The minimum absolute atomic E-state index is 0. The van der Waals surface area contributed by atoms with E-state index in [0.29, 0.717) is 26.3 Å². The van der Waals surface area contributed by atoms with Crippen LogP contribution in [0, 0.1) is 0 Å². The van der Waals surface area contributed by atoms with Gasteiger partial charge in [-0.3, -0.25) is 0 Å². The van der Waals surface area contributed by atoms with Crippen molar-refractivity contribution in [3.8, 4) is 0 Å². The molecule has 0 saturated carbocycles. The average molecular weight is 203 g/mol. The molecule has 68 valence electrons. The second-order valence-corrected chi connectivity index (χ2v) is 3.60. The van der Waals surface area contributed by atoms with Crippen molar-refractivity contribution in [3.05, 3.63) is 0 Å². The lowest BCUT2D eigenvalue weighted by Crippen LogP contribution is -2.44. The molecule has 0 aliphatic carbocycles. The number of rotatable bonds is 1. The van der Waals surface area contributed by atoms with Gasteiger partial charge in [0.25, 0.3) is 10.2 Å². The molecule has 0 aromatic heterocycles. The molecule has 2 N–H and O–H groups in total. The third-order valence-corrected chi connectivity index (χ3v) is 2.41. The van der Waals surface area contributed by atoms with E-state index in [1.165, 1.54) is 4.31 Å². The summed E-state index contributed by atoms with van der Waals surface area (Å²) in [5.41, 5.74) is 0. The smallest absolute Gasteiger partial charge is 0.277 e. The predicted molar refractivity (Wildman–Crippen MR) is 42.7 cm³/mol. The van der Waals surface area contributed by atoms with Gasteiger partial charge < -0.3 is 4.74 Å². The first-order valence-electron chi connectivity index (χ1n) is 2.96. The number of nitrogens with zero attached hydrogens (tertiary/aromatic N) is 1. The van der Waals surface area contributed by atoms with Crippen molar-refractivity contribution in [2.24, 2.45) is 5.14 Å². The van der Waals surface area contributed by atoms with Crippen LogP contribution in [-0.4, -0.2) is 39.0 Å². The first-order valence-corrected chi connectivity index (χ1v) is 4.46. The van der Waals surface area contributed by atoms with Gasteiger partial charge in [0.2, 0.25) is 0 Å². The fraction of sp³-hybridized carbons (Fsp3) is 1.00. The van der Waals surface area contributed by atoms with E-state index in [1.807, 2.05) is 0 Å². The Hall–Kier alpha value is 0.120. The van der Waals surface area contributed by atoms with E-state index >= 15 is 0 Å². The maximum atomic E-state index is 10.6. The van der Waals surface area contributed by atoms with Crippen molar-refractivity contribution < 1.29 is 13.2 Å². The highest BCUT2D eigenvalue weighted by Crippen LogP contribution is 1.99. The maximum absolute atomic E-state index is 10.6. The van der Waals surface area contributed by atoms with Crippen LogP contribution in [0.25, 0.3) is 0 Å². The van der Waals surface area contributed by atoms with E-state index in [0.717, 1.165) is 0 Å². The summed E-state index contributed by atoms with van der Waals surface area (Å²) in [4.78, 5) is 0. The Morgan fingerprint density at radius 3 is 2.00 bits per heavy atom. The number of nitrogens with two attached hydrogens (primary N) is 1. The van der Waals surface area contributed by atoms with Crippen molar-refractivity contribution >= 4 is 22.6 Å². The zero-order chi connectivity index (χ0) is 7.61. The zero-order valence-corrected chi connectivity index (χ0v) is 7.53. The molecule has 1 heterocycles. The number of morpholine rings is 1. The van der Waals surface area contributed by atoms with Gasteiger partial charge in [-0.25, -0.2) is 5.14 Å². The van der Waals surface area contributed by atoms with Crippen LogP contribution in [0.4, 0.5) is 0 Å². The molecule has 5 nitrogen and oxygen atoms in total. The van der Waals surface area contributed by atoms with E-state index in [1.54, 1.807) is 0 Å². The molecule has 0 radical (unpaired) electrons. The van der Waals surface area contributed by atoms with Crippen LogP contribution in [0.3, 0.4) is 0 Å². The highest BCUT2D eigenvalue weighted by molar-refractivity contribution is 7.86. The van der Waals surface area contributed by atoms with Crippen LogP contribution >= 0.6 is 12.4 Å². The van der Waals surface area contributed by atoms with Gasteiger partial charge in [-0.2, -0.15) is 12.7 Å². The molecule has 0 bridgehead atoms. The normalized spacial score (nSPS) is 20.8. The van der Waals surface area contributed by atoms with Gasteiger partial charge in [0.1, 0.15) is 0 Å². The van der Waals surface area contributed by atoms with E-state index in [-0.39, 0.29) is 12.4 Å². The molecule has 0 atom stereocenters. The van der Waals surface area contributed by atoms with Gasteiger partial charge >= 0.3 is 0 Å². The second kappa shape index (κ2) is 4.22. The number of hydrogen-bond donors (Lipinski definition) is 1. The number of hydrogen-bond acceptors (Lipinski definition) is 3. The van der Waals surface area contributed by atoms with Gasteiger partial charge in [0, 0.05) is 13.1 Å². The van der Waals surface area contributed by atoms with Crippen molar-refractivity contribution in [1.29, 1.82) is 0 Å². The van der Waals surface area contributed by atoms with Crippen molar-refractivity contribution in [1.82, 2.24) is 4.31 Å². The summed E-state index contributed by atoms with van der Waals surface area (Å²) in [6.45, 7) is 1.63. The molecule has 1 saturated heterocycles. The quantitative estimate of drug-likeness (QED) is 0.590. The molecule has 1 fully saturated rings. The van der Waals surface area contributed by atoms with E-state index in [9.17, 15) is 8.42 Å². The number of halogens is 1.